The number of rotatable bonds is 3. The van der Waals surface area contributed by atoms with Crippen molar-refractivity contribution in [2.75, 3.05) is 6.54 Å². The first kappa shape index (κ1) is 15.6. The highest BCUT2D eigenvalue weighted by molar-refractivity contribution is 6.06. The fourth-order valence-corrected chi connectivity index (χ4v) is 3.82. The van der Waals surface area contributed by atoms with E-state index in [1.54, 1.807) is 18.2 Å². The second-order valence-electron chi connectivity index (χ2n) is 6.33. The van der Waals surface area contributed by atoms with E-state index in [9.17, 15) is 9.59 Å². The van der Waals surface area contributed by atoms with Gasteiger partial charge in [0.25, 0.3) is 5.91 Å². The maximum absolute atomic E-state index is 13.3. The summed E-state index contributed by atoms with van der Waals surface area (Å²) in [6.07, 6.45) is 3.21. The highest BCUT2D eigenvalue weighted by atomic mass is 16.4. The van der Waals surface area contributed by atoms with Crippen LogP contribution in [-0.4, -0.2) is 17.4 Å². The standard InChI is InChI=1S/C21H19NO3/c1-2-22(19-12-11-14-7-3-4-8-15(14)19)20(23)18-13-25-21(24)17-10-6-5-9-16(17)18/h3-10,13,19H,2,11-12H2,1H3. The topological polar surface area (TPSA) is 50.5 Å². The average Bonchev–Trinajstić information content (AvgIpc) is 3.07. The van der Waals surface area contributed by atoms with Gasteiger partial charge in [0.05, 0.1) is 17.0 Å². The summed E-state index contributed by atoms with van der Waals surface area (Å²) >= 11 is 0. The lowest BCUT2D eigenvalue weighted by Crippen LogP contribution is -2.34. The summed E-state index contributed by atoms with van der Waals surface area (Å²) in [5, 5.41) is 1.09. The minimum absolute atomic E-state index is 0.0689. The summed E-state index contributed by atoms with van der Waals surface area (Å²) < 4.78 is 5.12. The molecule has 4 nitrogen and oxygen atoms in total. The second kappa shape index (κ2) is 6.20. The monoisotopic (exact) mass is 333 g/mol. The van der Waals surface area contributed by atoms with Gasteiger partial charge in [0.15, 0.2) is 0 Å². The van der Waals surface area contributed by atoms with E-state index in [1.807, 2.05) is 30.0 Å². The Morgan fingerprint density at radius 3 is 2.64 bits per heavy atom. The molecule has 1 atom stereocenters. The quantitative estimate of drug-likeness (QED) is 0.729. The number of aryl methyl sites for hydroxylation is 1. The molecule has 0 saturated heterocycles. The van der Waals surface area contributed by atoms with Crippen molar-refractivity contribution in [1.29, 1.82) is 0 Å². The number of amides is 1. The van der Waals surface area contributed by atoms with Gasteiger partial charge in [0.2, 0.25) is 0 Å². The van der Waals surface area contributed by atoms with Crippen LogP contribution in [0.25, 0.3) is 10.8 Å². The molecule has 4 rings (SSSR count). The van der Waals surface area contributed by atoms with E-state index in [-0.39, 0.29) is 11.9 Å². The van der Waals surface area contributed by atoms with Crippen molar-refractivity contribution in [1.82, 2.24) is 4.90 Å². The molecule has 1 unspecified atom stereocenters. The molecular formula is C21H19NO3. The van der Waals surface area contributed by atoms with Crippen molar-refractivity contribution >= 4 is 16.7 Å². The van der Waals surface area contributed by atoms with Crippen LogP contribution in [0.4, 0.5) is 0 Å². The number of carbonyl (C=O) groups is 1. The van der Waals surface area contributed by atoms with Gasteiger partial charge in [-0.2, -0.15) is 0 Å². The lowest BCUT2D eigenvalue weighted by Gasteiger charge is -2.29. The van der Waals surface area contributed by atoms with Crippen LogP contribution < -0.4 is 5.63 Å². The summed E-state index contributed by atoms with van der Waals surface area (Å²) in [5.41, 5.74) is 2.56. The van der Waals surface area contributed by atoms with Gasteiger partial charge in [-0.15, -0.1) is 0 Å². The highest BCUT2D eigenvalue weighted by Gasteiger charge is 2.31. The molecule has 1 aliphatic carbocycles. The molecule has 25 heavy (non-hydrogen) atoms. The Labute approximate surface area is 145 Å². The molecule has 0 aliphatic heterocycles. The number of carbonyl (C=O) groups excluding carboxylic acids is 1. The third-order valence-corrected chi connectivity index (χ3v) is 5.03. The van der Waals surface area contributed by atoms with Crippen molar-refractivity contribution < 1.29 is 9.21 Å². The van der Waals surface area contributed by atoms with Crippen molar-refractivity contribution in [3.8, 4) is 0 Å². The lowest BCUT2D eigenvalue weighted by atomic mass is 10.0. The SMILES string of the molecule is CCN(C(=O)c1coc(=O)c2ccccc12)C1CCc2ccccc21. The Kier molecular flexibility index (Phi) is 3.88. The fraction of sp³-hybridized carbons (Fsp3) is 0.238. The summed E-state index contributed by atoms with van der Waals surface area (Å²) in [6.45, 7) is 2.59. The second-order valence-corrected chi connectivity index (χ2v) is 6.33. The molecule has 1 aromatic heterocycles. The normalized spacial score (nSPS) is 16.0. The van der Waals surface area contributed by atoms with E-state index < -0.39 is 5.63 Å². The number of benzene rings is 2. The van der Waals surface area contributed by atoms with Gasteiger partial charge in [0, 0.05) is 11.9 Å². The van der Waals surface area contributed by atoms with Crippen LogP contribution in [-0.2, 0) is 6.42 Å². The predicted molar refractivity (Wildman–Crippen MR) is 96.7 cm³/mol. The van der Waals surface area contributed by atoms with Crippen LogP contribution in [0.5, 0.6) is 0 Å². The number of hydrogen-bond acceptors (Lipinski definition) is 3. The Hall–Kier alpha value is -2.88. The molecule has 0 radical (unpaired) electrons. The average molecular weight is 333 g/mol. The molecule has 0 bridgehead atoms. The van der Waals surface area contributed by atoms with Gasteiger partial charge in [-0.1, -0.05) is 42.5 Å². The van der Waals surface area contributed by atoms with Crippen molar-refractivity contribution in [3.05, 3.63) is 81.9 Å². The molecule has 1 amide bonds. The Morgan fingerprint density at radius 2 is 1.84 bits per heavy atom. The molecule has 0 N–H and O–H groups in total. The fourth-order valence-electron chi connectivity index (χ4n) is 3.82. The zero-order valence-electron chi connectivity index (χ0n) is 14.1. The van der Waals surface area contributed by atoms with E-state index in [0.717, 1.165) is 12.8 Å². The van der Waals surface area contributed by atoms with E-state index in [4.69, 9.17) is 4.42 Å². The maximum atomic E-state index is 13.3. The smallest absolute Gasteiger partial charge is 0.343 e. The van der Waals surface area contributed by atoms with Gasteiger partial charge in [0.1, 0.15) is 6.26 Å². The Morgan fingerprint density at radius 1 is 1.12 bits per heavy atom. The zero-order valence-corrected chi connectivity index (χ0v) is 14.1. The van der Waals surface area contributed by atoms with Crippen molar-refractivity contribution in [2.24, 2.45) is 0 Å². The van der Waals surface area contributed by atoms with Crippen molar-refractivity contribution in [3.63, 3.8) is 0 Å². The molecule has 3 aromatic rings. The summed E-state index contributed by atoms with van der Waals surface area (Å²) in [7, 11) is 0. The Balaban J connectivity index is 1.78. The van der Waals surface area contributed by atoms with Crippen LogP contribution in [0, 0.1) is 0 Å². The van der Waals surface area contributed by atoms with Gasteiger partial charge in [-0.05, 0) is 37.0 Å². The van der Waals surface area contributed by atoms with Crippen molar-refractivity contribution in [2.45, 2.75) is 25.8 Å². The van der Waals surface area contributed by atoms with Gasteiger partial charge in [-0.3, -0.25) is 4.79 Å². The highest BCUT2D eigenvalue weighted by Crippen LogP contribution is 2.36. The Bertz CT molecular complexity index is 1010. The molecule has 126 valence electrons. The lowest BCUT2D eigenvalue weighted by molar-refractivity contribution is 0.0687. The van der Waals surface area contributed by atoms with Gasteiger partial charge in [-0.25, -0.2) is 4.79 Å². The molecular weight excluding hydrogens is 314 g/mol. The van der Waals surface area contributed by atoms with Gasteiger partial charge < -0.3 is 9.32 Å². The first-order valence-electron chi connectivity index (χ1n) is 8.60. The number of fused-ring (bicyclic) bond motifs is 2. The predicted octanol–water partition coefficient (Wildman–Crippen LogP) is 3.94. The third kappa shape index (κ3) is 2.54. The molecule has 0 saturated carbocycles. The van der Waals surface area contributed by atoms with Crippen LogP contribution in [0.1, 0.15) is 40.9 Å². The van der Waals surface area contributed by atoms with Gasteiger partial charge >= 0.3 is 5.63 Å². The van der Waals surface area contributed by atoms with E-state index in [1.165, 1.54) is 17.4 Å². The minimum atomic E-state index is -0.415. The minimum Gasteiger partial charge on any atom is -0.430 e. The molecule has 4 heteroatoms. The maximum Gasteiger partial charge on any atom is 0.343 e. The summed E-state index contributed by atoms with van der Waals surface area (Å²) in [6, 6.07) is 15.5. The van der Waals surface area contributed by atoms with Crippen LogP contribution in [0.3, 0.4) is 0 Å². The molecule has 0 spiro atoms. The summed E-state index contributed by atoms with van der Waals surface area (Å²) in [5.74, 6) is -0.0934. The zero-order chi connectivity index (χ0) is 17.4. The van der Waals surface area contributed by atoms with E-state index in [2.05, 4.69) is 12.1 Å². The number of nitrogens with zero attached hydrogens (tertiary/aromatic N) is 1. The van der Waals surface area contributed by atoms with Crippen LogP contribution in [0.2, 0.25) is 0 Å². The molecule has 0 fully saturated rings. The van der Waals surface area contributed by atoms with E-state index >= 15 is 0 Å². The largest absolute Gasteiger partial charge is 0.430 e. The first-order valence-corrected chi connectivity index (χ1v) is 8.60. The van der Waals surface area contributed by atoms with Crippen LogP contribution >= 0.6 is 0 Å². The number of hydrogen-bond donors (Lipinski definition) is 0. The molecule has 1 heterocycles. The summed E-state index contributed by atoms with van der Waals surface area (Å²) in [4.78, 5) is 27.1. The molecule has 2 aromatic carbocycles. The first-order chi connectivity index (χ1) is 12.2. The third-order valence-electron chi connectivity index (χ3n) is 5.03. The molecule has 1 aliphatic rings. The van der Waals surface area contributed by atoms with Crippen LogP contribution in [0.15, 0.2) is 64.0 Å². The van der Waals surface area contributed by atoms with E-state index in [0.29, 0.717) is 22.9 Å².